The van der Waals surface area contributed by atoms with Gasteiger partial charge in [-0.15, -0.1) is 0 Å². The molecule has 1 aromatic carbocycles. The first kappa shape index (κ1) is 17.2. The number of ether oxygens (including phenoxy) is 1. The molecule has 0 aliphatic heterocycles. The van der Waals surface area contributed by atoms with E-state index in [0.717, 1.165) is 0 Å². The second-order valence-corrected chi connectivity index (χ2v) is 4.85. The summed E-state index contributed by atoms with van der Waals surface area (Å²) in [6.45, 7) is -0.212. The van der Waals surface area contributed by atoms with Gasteiger partial charge in [0.05, 0.1) is 12.3 Å². The Labute approximate surface area is 123 Å². The zero-order chi connectivity index (χ0) is 15.8. The van der Waals surface area contributed by atoms with Crippen LogP contribution in [-0.4, -0.2) is 42.6 Å². The SMILES string of the molecule is COCC(NC(=O)Nc1ccccc1SC(F)F)C(=O)O. The minimum Gasteiger partial charge on any atom is -0.480 e. The second kappa shape index (κ2) is 8.42. The molecule has 6 nitrogen and oxygen atoms in total. The largest absolute Gasteiger partial charge is 0.480 e. The van der Waals surface area contributed by atoms with Gasteiger partial charge in [0.25, 0.3) is 5.76 Å². The fraction of sp³-hybridized carbons (Fsp3) is 0.333. The number of alkyl halides is 2. The molecular formula is C12H14F2N2O4S. The van der Waals surface area contributed by atoms with Gasteiger partial charge in [-0.3, -0.25) is 0 Å². The van der Waals surface area contributed by atoms with Gasteiger partial charge in [0.15, 0.2) is 6.04 Å². The highest BCUT2D eigenvalue weighted by molar-refractivity contribution is 7.99. The number of hydrogen-bond acceptors (Lipinski definition) is 4. The molecule has 1 atom stereocenters. The number of aliphatic carboxylic acids is 1. The smallest absolute Gasteiger partial charge is 0.328 e. The van der Waals surface area contributed by atoms with Crippen molar-refractivity contribution in [3.8, 4) is 0 Å². The van der Waals surface area contributed by atoms with Gasteiger partial charge in [-0.2, -0.15) is 8.78 Å². The molecule has 0 fully saturated rings. The number of nitrogens with one attached hydrogen (secondary N) is 2. The van der Waals surface area contributed by atoms with Crippen molar-refractivity contribution in [2.75, 3.05) is 19.0 Å². The van der Waals surface area contributed by atoms with Crippen molar-refractivity contribution >= 4 is 29.4 Å². The number of thioether (sulfide) groups is 1. The molecule has 0 aromatic heterocycles. The molecule has 2 amide bonds. The number of rotatable bonds is 7. The summed E-state index contributed by atoms with van der Waals surface area (Å²) >= 11 is 0.286. The average Bonchev–Trinajstić information content (AvgIpc) is 2.39. The Balaban J connectivity index is 2.72. The predicted octanol–water partition coefficient (Wildman–Crippen LogP) is 2.22. The lowest BCUT2D eigenvalue weighted by Crippen LogP contribution is -2.45. The van der Waals surface area contributed by atoms with E-state index in [1.165, 1.54) is 19.2 Å². The summed E-state index contributed by atoms with van der Waals surface area (Å²) in [7, 11) is 1.30. The fourth-order valence-corrected chi connectivity index (χ4v) is 2.02. The Bertz CT molecular complexity index is 502. The number of benzene rings is 1. The Morgan fingerprint density at radius 1 is 1.38 bits per heavy atom. The highest BCUT2D eigenvalue weighted by Crippen LogP contribution is 2.31. The predicted molar refractivity (Wildman–Crippen MR) is 73.8 cm³/mol. The lowest BCUT2D eigenvalue weighted by atomic mass is 10.3. The number of carboxylic acids is 1. The van der Waals surface area contributed by atoms with E-state index in [2.05, 4.69) is 15.4 Å². The molecule has 0 saturated carbocycles. The quantitative estimate of drug-likeness (QED) is 0.671. The molecule has 0 aliphatic carbocycles. The lowest BCUT2D eigenvalue weighted by Gasteiger charge is -2.15. The van der Waals surface area contributed by atoms with Gasteiger partial charge in [-0.25, -0.2) is 9.59 Å². The van der Waals surface area contributed by atoms with Crippen molar-refractivity contribution in [2.45, 2.75) is 16.7 Å². The monoisotopic (exact) mass is 320 g/mol. The third-order valence-corrected chi connectivity index (χ3v) is 3.08. The summed E-state index contributed by atoms with van der Waals surface area (Å²) in [6, 6.07) is 3.94. The van der Waals surface area contributed by atoms with Crippen LogP contribution in [0.15, 0.2) is 29.2 Å². The summed E-state index contributed by atoms with van der Waals surface area (Å²) in [5.74, 6) is -3.89. The summed E-state index contributed by atoms with van der Waals surface area (Å²) < 4.78 is 29.5. The molecule has 0 radical (unpaired) electrons. The van der Waals surface area contributed by atoms with Crippen molar-refractivity contribution in [3.05, 3.63) is 24.3 Å². The van der Waals surface area contributed by atoms with Crippen LogP contribution in [0.4, 0.5) is 19.3 Å². The van der Waals surface area contributed by atoms with Crippen molar-refractivity contribution < 1.29 is 28.2 Å². The van der Waals surface area contributed by atoms with Gasteiger partial charge >= 0.3 is 12.0 Å². The first-order chi connectivity index (χ1) is 9.93. The van der Waals surface area contributed by atoms with E-state index < -0.39 is 23.8 Å². The number of urea groups is 1. The van der Waals surface area contributed by atoms with Gasteiger partial charge in [-0.05, 0) is 12.1 Å². The molecular weight excluding hydrogens is 306 g/mol. The van der Waals surface area contributed by atoms with Gasteiger partial charge in [0, 0.05) is 12.0 Å². The Morgan fingerprint density at radius 2 is 2.05 bits per heavy atom. The molecule has 1 rings (SSSR count). The molecule has 0 aliphatic rings. The van der Waals surface area contributed by atoms with E-state index in [4.69, 9.17) is 5.11 Å². The number of anilines is 1. The van der Waals surface area contributed by atoms with Crippen LogP contribution in [0.5, 0.6) is 0 Å². The van der Waals surface area contributed by atoms with Gasteiger partial charge in [0.1, 0.15) is 0 Å². The van der Waals surface area contributed by atoms with Crippen molar-refractivity contribution in [1.82, 2.24) is 5.32 Å². The van der Waals surface area contributed by atoms with E-state index in [1.54, 1.807) is 12.1 Å². The number of carbonyl (C=O) groups excluding carboxylic acids is 1. The van der Waals surface area contributed by atoms with Crippen molar-refractivity contribution in [3.63, 3.8) is 0 Å². The van der Waals surface area contributed by atoms with Crippen LogP contribution >= 0.6 is 11.8 Å². The maximum Gasteiger partial charge on any atom is 0.328 e. The molecule has 1 aromatic rings. The highest BCUT2D eigenvalue weighted by Gasteiger charge is 2.20. The standard InChI is InChI=1S/C12H14F2N2O4S/c1-20-6-8(10(17)18)16-12(19)15-7-4-2-3-5-9(7)21-11(13)14/h2-5,8,11H,6H2,1H3,(H,17,18)(H2,15,16,19). The minimum atomic E-state index is -2.63. The Kier molecular flexibility index (Phi) is 6.89. The van der Waals surface area contributed by atoms with Crippen LogP contribution in [-0.2, 0) is 9.53 Å². The van der Waals surface area contributed by atoms with Crippen LogP contribution < -0.4 is 10.6 Å². The third-order valence-electron chi connectivity index (χ3n) is 2.29. The number of methoxy groups -OCH3 is 1. The van der Waals surface area contributed by atoms with E-state index in [-0.39, 0.29) is 29.0 Å². The van der Waals surface area contributed by atoms with Crippen LogP contribution in [0.25, 0.3) is 0 Å². The van der Waals surface area contributed by atoms with Gasteiger partial charge in [0.2, 0.25) is 0 Å². The van der Waals surface area contributed by atoms with Gasteiger partial charge < -0.3 is 20.5 Å². The molecule has 0 bridgehead atoms. The van der Waals surface area contributed by atoms with Crippen LogP contribution in [0.1, 0.15) is 0 Å². The first-order valence-electron chi connectivity index (χ1n) is 5.77. The highest BCUT2D eigenvalue weighted by atomic mass is 32.2. The fourth-order valence-electron chi connectivity index (χ4n) is 1.43. The Hall–Kier alpha value is -1.87. The van der Waals surface area contributed by atoms with Crippen LogP contribution in [0.2, 0.25) is 0 Å². The summed E-state index contributed by atoms with van der Waals surface area (Å²) in [4.78, 5) is 22.7. The number of hydrogen-bond donors (Lipinski definition) is 3. The first-order valence-corrected chi connectivity index (χ1v) is 6.65. The minimum absolute atomic E-state index is 0.168. The molecule has 116 valence electrons. The van der Waals surface area contributed by atoms with Crippen molar-refractivity contribution in [2.24, 2.45) is 0 Å². The lowest BCUT2D eigenvalue weighted by molar-refractivity contribution is -0.140. The molecule has 9 heteroatoms. The van der Waals surface area contributed by atoms with E-state index in [9.17, 15) is 18.4 Å². The normalized spacial score (nSPS) is 12.0. The number of carboxylic acid groups (broad SMARTS) is 1. The summed E-state index contributed by atoms with van der Waals surface area (Å²) in [5.41, 5.74) is 0.168. The van der Waals surface area contributed by atoms with Crippen molar-refractivity contribution in [1.29, 1.82) is 0 Å². The molecule has 0 saturated heterocycles. The number of para-hydroxylation sites is 1. The Morgan fingerprint density at radius 3 is 2.62 bits per heavy atom. The zero-order valence-electron chi connectivity index (χ0n) is 11.0. The molecule has 3 N–H and O–H groups in total. The molecule has 0 heterocycles. The van der Waals surface area contributed by atoms with Gasteiger partial charge in [-0.1, -0.05) is 23.9 Å². The maximum atomic E-state index is 12.4. The molecule has 0 spiro atoms. The van der Waals surface area contributed by atoms with E-state index in [1.807, 2.05) is 0 Å². The summed E-state index contributed by atoms with van der Waals surface area (Å²) in [5, 5.41) is 13.4. The number of carbonyl (C=O) groups is 2. The van der Waals surface area contributed by atoms with E-state index >= 15 is 0 Å². The molecule has 21 heavy (non-hydrogen) atoms. The number of amides is 2. The third kappa shape index (κ3) is 5.96. The zero-order valence-corrected chi connectivity index (χ0v) is 11.8. The number of halogens is 2. The molecule has 1 unspecified atom stereocenters. The second-order valence-electron chi connectivity index (χ2n) is 3.82. The maximum absolute atomic E-state index is 12.4. The summed E-state index contributed by atoms with van der Waals surface area (Å²) in [6.07, 6.45) is 0. The average molecular weight is 320 g/mol. The van der Waals surface area contributed by atoms with Crippen LogP contribution in [0.3, 0.4) is 0 Å². The van der Waals surface area contributed by atoms with E-state index in [0.29, 0.717) is 0 Å². The topological polar surface area (TPSA) is 87.7 Å². The van der Waals surface area contributed by atoms with Crippen LogP contribution in [0, 0.1) is 0 Å².